The molecule has 0 aliphatic rings. The zero-order chi connectivity index (χ0) is 13.5. The van der Waals surface area contributed by atoms with Crippen LogP contribution in [0.3, 0.4) is 0 Å². The van der Waals surface area contributed by atoms with E-state index in [1.165, 1.54) is 4.90 Å². The fourth-order valence-electron chi connectivity index (χ4n) is 1.73. The van der Waals surface area contributed by atoms with Gasteiger partial charge in [0, 0.05) is 23.6 Å². The predicted molar refractivity (Wildman–Crippen MR) is 79.3 cm³/mol. The van der Waals surface area contributed by atoms with Crippen LogP contribution in [0, 0.1) is 0 Å². The van der Waals surface area contributed by atoms with Crippen molar-refractivity contribution in [2.45, 2.75) is 24.8 Å². The summed E-state index contributed by atoms with van der Waals surface area (Å²) in [4.78, 5) is 8.00. The van der Waals surface area contributed by atoms with Crippen LogP contribution >= 0.6 is 11.8 Å². The van der Waals surface area contributed by atoms with E-state index in [-0.39, 0.29) is 0 Å². The summed E-state index contributed by atoms with van der Waals surface area (Å²) in [6.45, 7) is 3.91. The molecule has 0 fully saturated rings. The molecule has 0 spiro atoms. The average molecular weight is 276 g/mol. The number of H-pyrrole nitrogens is 1. The second-order valence-corrected chi connectivity index (χ2v) is 5.62. The average Bonchev–Trinajstić information content (AvgIpc) is 2.87. The molecule has 1 heterocycles. The van der Waals surface area contributed by atoms with Crippen molar-refractivity contribution in [3.05, 3.63) is 42.0 Å². The Morgan fingerprint density at radius 3 is 2.74 bits per heavy atom. The van der Waals surface area contributed by atoms with Crippen molar-refractivity contribution in [2.75, 3.05) is 19.3 Å². The molecular formula is C14H20N4S. The number of nitrogens with zero attached hydrogens (tertiary/aromatic N) is 3. The molecule has 19 heavy (non-hydrogen) atoms. The molecule has 0 atom stereocenters. The number of aromatic nitrogens is 3. The molecule has 5 heteroatoms. The van der Waals surface area contributed by atoms with Crippen LogP contribution < -0.4 is 0 Å². The molecule has 2 aromatic rings. The highest BCUT2D eigenvalue weighted by Gasteiger charge is 2.05. The van der Waals surface area contributed by atoms with Crippen LogP contribution in [0.1, 0.15) is 18.6 Å². The van der Waals surface area contributed by atoms with Gasteiger partial charge in [-0.05, 0) is 19.2 Å². The Labute approximate surface area is 118 Å². The van der Waals surface area contributed by atoms with Crippen molar-refractivity contribution >= 4 is 11.8 Å². The molecule has 0 saturated carbocycles. The summed E-state index contributed by atoms with van der Waals surface area (Å²) in [5, 5.41) is 7.13. The SMILES string of the molecule is CCc1n[nH]c(CN(C)CCSc2ccccc2)n1. The van der Waals surface area contributed by atoms with Crippen LogP contribution in [0.5, 0.6) is 0 Å². The Hall–Kier alpha value is -1.33. The fraction of sp³-hybridized carbons (Fsp3) is 0.429. The van der Waals surface area contributed by atoms with Gasteiger partial charge in [0.2, 0.25) is 0 Å². The number of hydrogen-bond acceptors (Lipinski definition) is 4. The lowest BCUT2D eigenvalue weighted by Crippen LogP contribution is -2.21. The third-order valence-corrected chi connectivity index (χ3v) is 3.79. The first kappa shape index (κ1) is 14.1. The maximum atomic E-state index is 4.42. The minimum Gasteiger partial charge on any atom is -0.298 e. The summed E-state index contributed by atoms with van der Waals surface area (Å²) < 4.78 is 0. The highest BCUT2D eigenvalue weighted by molar-refractivity contribution is 7.99. The second-order valence-electron chi connectivity index (χ2n) is 4.45. The molecule has 0 saturated heterocycles. The van der Waals surface area contributed by atoms with Gasteiger partial charge in [-0.15, -0.1) is 11.8 Å². The maximum Gasteiger partial charge on any atom is 0.150 e. The van der Waals surface area contributed by atoms with Gasteiger partial charge in [-0.2, -0.15) is 5.10 Å². The molecule has 0 aliphatic carbocycles. The van der Waals surface area contributed by atoms with Gasteiger partial charge >= 0.3 is 0 Å². The highest BCUT2D eigenvalue weighted by atomic mass is 32.2. The second kappa shape index (κ2) is 7.31. The van der Waals surface area contributed by atoms with Crippen molar-refractivity contribution < 1.29 is 0 Å². The van der Waals surface area contributed by atoms with Gasteiger partial charge in [-0.25, -0.2) is 4.98 Å². The molecule has 2 rings (SSSR count). The molecular weight excluding hydrogens is 256 g/mol. The molecule has 1 aromatic heterocycles. The summed E-state index contributed by atoms with van der Waals surface area (Å²) >= 11 is 1.88. The maximum absolute atomic E-state index is 4.42. The first-order chi connectivity index (χ1) is 9.28. The van der Waals surface area contributed by atoms with Gasteiger partial charge in [0.05, 0.1) is 6.54 Å². The zero-order valence-electron chi connectivity index (χ0n) is 11.5. The van der Waals surface area contributed by atoms with Crippen LogP contribution in [0.2, 0.25) is 0 Å². The Morgan fingerprint density at radius 1 is 1.26 bits per heavy atom. The smallest absolute Gasteiger partial charge is 0.150 e. The van der Waals surface area contributed by atoms with Gasteiger partial charge in [0.1, 0.15) is 11.6 Å². The molecule has 0 aliphatic heterocycles. The number of benzene rings is 1. The number of aromatic amines is 1. The first-order valence-corrected chi connectivity index (χ1v) is 7.53. The fourth-order valence-corrected chi connectivity index (χ4v) is 2.72. The summed E-state index contributed by atoms with van der Waals surface area (Å²) in [7, 11) is 2.11. The molecule has 0 bridgehead atoms. The number of hydrogen-bond donors (Lipinski definition) is 1. The van der Waals surface area contributed by atoms with E-state index in [0.717, 1.165) is 36.9 Å². The molecule has 1 N–H and O–H groups in total. The number of rotatable bonds is 7. The van der Waals surface area contributed by atoms with Crippen LogP contribution in [0.25, 0.3) is 0 Å². The Morgan fingerprint density at radius 2 is 2.05 bits per heavy atom. The minimum atomic E-state index is 0.822. The Kier molecular flexibility index (Phi) is 5.42. The number of aryl methyl sites for hydroxylation is 1. The van der Waals surface area contributed by atoms with E-state index in [0.29, 0.717) is 0 Å². The molecule has 0 amide bonds. The molecule has 1 aromatic carbocycles. The lowest BCUT2D eigenvalue weighted by molar-refractivity contribution is 0.339. The summed E-state index contributed by atoms with van der Waals surface area (Å²) in [5.74, 6) is 2.92. The van der Waals surface area contributed by atoms with Crippen LogP contribution in [0.4, 0.5) is 0 Å². The summed E-state index contributed by atoms with van der Waals surface area (Å²) in [6.07, 6.45) is 0.879. The van der Waals surface area contributed by atoms with Gasteiger partial charge in [-0.3, -0.25) is 10.00 Å². The Balaban J connectivity index is 1.71. The van der Waals surface area contributed by atoms with E-state index in [9.17, 15) is 0 Å². The lowest BCUT2D eigenvalue weighted by atomic mass is 10.4. The van der Waals surface area contributed by atoms with Gasteiger partial charge < -0.3 is 0 Å². The lowest BCUT2D eigenvalue weighted by Gasteiger charge is -2.14. The predicted octanol–water partition coefficient (Wildman–Crippen LogP) is 2.59. The monoisotopic (exact) mass is 276 g/mol. The molecule has 102 valence electrons. The van der Waals surface area contributed by atoms with Gasteiger partial charge in [-0.1, -0.05) is 25.1 Å². The van der Waals surface area contributed by atoms with E-state index in [4.69, 9.17) is 0 Å². The topological polar surface area (TPSA) is 44.8 Å². The van der Waals surface area contributed by atoms with Crippen molar-refractivity contribution in [1.29, 1.82) is 0 Å². The third-order valence-electron chi connectivity index (χ3n) is 2.80. The van der Waals surface area contributed by atoms with E-state index < -0.39 is 0 Å². The van der Waals surface area contributed by atoms with Crippen molar-refractivity contribution in [3.8, 4) is 0 Å². The van der Waals surface area contributed by atoms with Crippen LogP contribution in [-0.4, -0.2) is 39.4 Å². The molecule has 0 radical (unpaired) electrons. The van der Waals surface area contributed by atoms with Crippen LogP contribution in [0.15, 0.2) is 35.2 Å². The number of thioether (sulfide) groups is 1. The van der Waals surface area contributed by atoms with Crippen molar-refractivity contribution in [1.82, 2.24) is 20.1 Å². The summed E-state index contributed by atoms with van der Waals surface area (Å²) in [5.41, 5.74) is 0. The summed E-state index contributed by atoms with van der Waals surface area (Å²) in [6, 6.07) is 10.5. The number of nitrogens with one attached hydrogen (secondary N) is 1. The van der Waals surface area contributed by atoms with E-state index in [1.807, 2.05) is 17.8 Å². The van der Waals surface area contributed by atoms with Crippen molar-refractivity contribution in [2.24, 2.45) is 0 Å². The zero-order valence-corrected chi connectivity index (χ0v) is 12.3. The van der Waals surface area contributed by atoms with E-state index in [1.54, 1.807) is 0 Å². The van der Waals surface area contributed by atoms with E-state index in [2.05, 4.69) is 58.3 Å². The Bertz CT molecular complexity index is 483. The van der Waals surface area contributed by atoms with Crippen molar-refractivity contribution in [3.63, 3.8) is 0 Å². The molecule has 4 nitrogen and oxygen atoms in total. The normalized spacial score (nSPS) is 11.1. The van der Waals surface area contributed by atoms with Crippen LogP contribution in [-0.2, 0) is 13.0 Å². The first-order valence-electron chi connectivity index (χ1n) is 6.54. The third kappa shape index (κ3) is 4.69. The molecule has 0 unspecified atom stereocenters. The minimum absolute atomic E-state index is 0.822. The quantitative estimate of drug-likeness (QED) is 0.790. The standard InChI is InChI=1S/C14H20N4S/c1-3-13-15-14(17-16-13)11-18(2)9-10-19-12-7-5-4-6-8-12/h4-8H,3,9-11H2,1-2H3,(H,15,16,17). The largest absolute Gasteiger partial charge is 0.298 e. The van der Waals surface area contributed by atoms with Gasteiger partial charge in [0.15, 0.2) is 0 Å². The van der Waals surface area contributed by atoms with E-state index >= 15 is 0 Å². The highest BCUT2D eigenvalue weighted by Crippen LogP contribution is 2.16. The van der Waals surface area contributed by atoms with Gasteiger partial charge in [0.25, 0.3) is 0 Å².